The number of anilines is 1. The minimum Gasteiger partial charge on any atom is -0.461 e. The van der Waals surface area contributed by atoms with Gasteiger partial charge in [0.15, 0.2) is 5.71 Å². The fraction of sp³-hybridized carbons (Fsp3) is 0.105. The number of hydrogen-bond acceptors (Lipinski definition) is 7. The summed E-state index contributed by atoms with van der Waals surface area (Å²) >= 11 is 0. The molecule has 3 heterocycles. The molecule has 0 aromatic carbocycles. The molecule has 0 radical (unpaired) electrons. The smallest absolute Gasteiger partial charge is 0.361 e. The molecule has 0 aliphatic heterocycles. The lowest BCUT2D eigenvalue weighted by atomic mass is 10.2. The van der Waals surface area contributed by atoms with Crippen molar-refractivity contribution in [1.29, 1.82) is 0 Å². The van der Waals surface area contributed by atoms with Gasteiger partial charge in [-0.3, -0.25) is 20.4 Å². The second-order valence-corrected chi connectivity index (χ2v) is 5.12. The minimum atomic E-state index is -0.554. The molecule has 0 fully saturated rings. The third-order valence-corrected chi connectivity index (χ3v) is 3.38. The van der Waals surface area contributed by atoms with Gasteiger partial charge >= 0.3 is 5.97 Å². The molecule has 3 rings (SSSR count). The van der Waals surface area contributed by atoms with Crippen LogP contribution in [0.5, 0.6) is 0 Å². The topological polar surface area (TPSA) is 89.4 Å². The first-order valence-electron chi connectivity index (χ1n) is 8.08. The Bertz CT molecular complexity index is 898. The predicted molar refractivity (Wildman–Crippen MR) is 98.5 cm³/mol. The van der Waals surface area contributed by atoms with Gasteiger partial charge in [0.2, 0.25) is 0 Å². The highest BCUT2D eigenvalue weighted by Crippen LogP contribution is 2.23. The van der Waals surface area contributed by atoms with Gasteiger partial charge in [-0.15, -0.1) is 0 Å². The number of nitrogens with one attached hydrogen (secondary N) is 1. The number of rotatable bonds is 6. The van der Waals surface area contributed by atoms with Gasteiger partial charge in [-0.2, -0.15) is 5.10 Å². The average molecular weight is 347 g/mol. The van der Waals surface area contributed by atoms with Gasteiger partial charge in [-0.1, -0.05) is 12.1 Å². The largest absolute Gasteiger partial charge is 0.461 e. The molecule has 0 saturated carbocycles. The second-order valence-electron chi connectivity index (χ2n) is 5.12. The fourth-order valence-electron chi connectivity index (χ4n) is 2.23. The number of ether oxygens (including phenoxy) is 1. The number of hydrogen-bond donors (Lipinski definition) is 1. The Morgan fingerprint density at radius 1 is 1.00 bits per heavy atom. The van der Waals surface area contributed by atoms with Crippen LogP contribution in [-0.4, -0.2) is 33.2 Å². The van der Waals surface area contributed by atoms with Crippen molar-refractivity contribution >= 4 is 17.4 Å². The van der Waals surface area contributed by atoms with Gasteiger partial charge in [0.1, 0.15) is 5.69 Å². The van der Waals surface area contributed by atoms with E-state index >= 15 is 0 Å². The maximum Gasteiger partial charge on any atom is 0.361 e. The summed E-state index contributed by atoms with van der Waals surface area (Å²) in [5.74, 6) is -0.554. The van der Waals surface area contributed by atoms with E-state index in [1.807, 2.05) is 24.3 Å². The second kappa shape index (κ2) is 8.48. The van der Waals surface area contributed by atoms with Gasteiger partial charge in [-0.25, -0.2) is 4.79 Å². The summed E-state index contributed by atoms with van der Waals surface area (Å²) in [5.41, 5.74) is 5.34. The van der Waals surface area contributed by atoms with Crippen molar-refractivity contribution in [2.45, 2.75) is 6.92 Å². The zero-order chi connectivity index (χ0) is 18.2. The standard InChI is InChI=1S/C19H17N5O2/c1-2-26-19(25)18(15-9-4-6-12-21-15)24-23-16-10-7-13-22-17(16)14-8-3-5-11-20-14/h3-13,23H,2H2,1H3/b24-18+. The van der Waals surface area contributed by atoms with E-state index in [-0.39, 0.29) is 12.3 Å². The summed E-state index contributed by atoms with van der Waals surface area (Å²) in [7, 11) is 0. The van der Waals surface area contributed by atoms with Gasteiger partial charge in [-0.05, 0) is 43.3 Å². The van der Waals surface area contributed by atoms with Crippen molar-refractivity contribution < 1.29 is 9.53 Å². The molecule has 1 N–H and O–H groups in total. The normalized spacial score (nSPS) is 11.0. The van der Waals surface area contributed by atoms with E-state index in [4.69, 9.17) is 4.74 Å². The summed E-state index contributed by atoms with van der Waals surface area (Å²) < 4.78 is 5.08. The Morgan fingerprint density at radius 3 is 2.46 bits per heavy atom. The molecule has 0 unspecified atom stereocenters. The number of carbonyl (C=O) groups is 1. The SMILES string of the molecule is CCOC(=O)/C(=N/Nc1cccnc1-c1ccccn1)c1ccccn1. The quantitative estimate of drug-likeness (QED) is 0.419. The Balaban J connectivity index is 1.95. The van der Waals surface area contributed by atoms with E-state index in [1.165, 1.54) is 0 Å². The van der Waals surface area contributed by atoms with E-state index < -0.39 is 5.97 Å². The maximum atomic E-state index is 12.3. The Labute approximate surface area is 150 Å². The summed E-state index contributed by atoms with van der Waals surface area (Å²) in [6, 6.07) is 14.4. The van der Waals surface area contributed by atoms with Crippen LogP contribution in [0.2, 0.25) is 0 Å². The van der Waals surface area contributed by atoms with Crippen molar-refractivity contribution in [3.8, 4) is 11.4 Å². The van der Waals surface area contributed by atoms with E-state index in [9.17, 15) is 4.79 Å². The Hall–Kier alpha value is -3.61. The van der Waals surface area contributed by atoms with Gasteiger partial charge in [0, 0.05) is 18.6 Å². The predicted octanol–water partition coefficient (Wildman–Crippen LogP) is 2.92. The van der Waals surface area contributed by atoms with Gasteiger partial charge < -0.3 is 4.74 Å². The number of esters is 1. The van der Waals surface area contributed by atoms with Crippen LogP contribution in [-0.2, 0) is 9.53 Å². The first kappa shape index (κ1) is 17.2. The van der Waals surface area contributed by atoms with Crippen molar-refractivity contribution in [1.82, 2.24) is 15.0 Å². The summed E-state index contributed by atoms with van der Waals surface area (Å²) in [6.07, 6.45) is 4.95. The molecule has 3 aromatic heterocycles. The van der Waals surface area contributed by atoms with Crippen LogP contribution in [0.3, 0.4) is 0 Å². The van der Waals surface area contributed by atoms with Crippen LogP contribution in [0.4, 0.5) is 5.69 Å². The fourth-order valence-corrected chi connectivity index (χ4v) is 2.23. The van der Waals surface area contributed by atoms with E-state index in [1.54, 1.807) is 49.8 Å². The first-order chi connectivity index (χ1) is 12.8. The lowest BCUT2D eigenvalue weighted by molar-refractivity contribution is -0.134. The zero-order valence-electron chi connectivity index (χ0n) is 14.2. The van der Waals surface area contributed by atoms with E-state index in [0.717, 1.165) is 0 Å². The van der Waals surface area contributed by atoms with Crippen molar-refractivity contribution in [3.63, 3.8) is 0 Å². The molecule has 0 aliphatic rings. The van der Waals surface area contributed by atoms with Crippen molar-refractivity contribution in [2.75, 3.05) is 12.0 Å². The van der Waals surface area contributed by atoms with Crippen LogP contribution in [0, 0.1) is 0 Å². The maximum absolute atomic E-state index is 12.3. The Morgan fingerprint density at radius 2 is 1.77 bits per heavy atom. The highest BCUT2D eigenvalue weighted by Gasteiger charge is 2.17. The molecule has 7 heteroatoms. The molecule has 3 aromatic rings. The summed E-state index contributed by atoms with van der Waals surface area (Å²) in [6.45, 7) is 1.98. The summed E-state index contributed by atoms with van der Waals surface area (Å²) in [5, 5.41) is 4.23. The Kier molecular flexibility index (Phi) is 5.61. The molecule has 0 saturated heterocycles. The number of carbonyl (C=O) groups excluding carboxylic acids is 1. The van der Waals surface area contributed by atoms with Crippen LogP contribution in [0.25, 0.3) is 11.4 Å². The molecule has 0 spiro atoms. The van der Waals surface area contributed by atoms with Crippen LogP contribution in [0.15, 0.2) is 72.2 Å². The molecule has 130 valence electrons. The molecule has 0 aliphatic carbocycles. The molecule has 7 nitrogen and oxygen atoms in total. The van der Waals surface area contributed by atoms with Crippen LogP contribution in [0.1, 0.15) is 12.6 Å². The summed E-state index contributed by atoms with van der Waals surface area (Å²) in [4.78, 5) is 25.1. The molecule has 0 atom stereocenters. The number of aromatic nitrogens is 3. The van der Waals surface area contributed by atoms with Gasteiger partial charge in [0.25, 0.3) is 0 Å². The molecular formula is C19H17N5O2. The first-order valence-corrected chi connectivity index (χ1v) is 8.08. The average Bonchev–Trinajstić information content (AvgIpc) is 2.70. The van der Waals surface area contributed by atoms with E-state index in [0.29, 0.717) is 22.8 Å². The molecule has 26 heavy (non-hydrogen) atoms. The molecular weight excluding hydrogens is 330 g/mol. The molecule has 0 amide bonds. The van der Waals surface area contributed by atoms with Gasteiger partial charge in [0.05, 0.1) is 23.7 Å². The number of nitrogens with zero attached hydrogens (tertiary/aromatic N) is 4. The zero-order valence-corrected chi connectivity index (χ0v) is 14.2. The lowest BCUT2D eigenvalue weighted by Crippen LogP contribution is -2.21. The highest BCUT2D eigenvalue weighted by atomic mass is 16.5. The van der Waals surface area contributed by atoms with Crippen molar-refractivity contribution in [2.24, 2.45) is 5.10 Å². The monoisotopic (exact) mass is 347 g/mol. The third-order valence-electron chi connectivity index (χ3n) is 3.38. The van der Waals surface area contributed by atoms with E-state index in [2.05, 4.69) is 25.5 Å². The van der Waals surface area contributed by atoms with Crippen molar-refractivity contribution in [3.05, 3.63) is 72.8 Å². The van der Waals surface area contributed by atoms with Crippen LogP contribution >= 0.6 is 0 Å². The minimum absolute atomic E-state index is 0.0864. The molecule has 0 bridgehead atoms. The lowest BCUT2D eigenvalue weighted by Gasteiger charge is -2.09. The highest BCUT2D eigenvalue weighted by molar-refractivity contribution is 6.42. The number of pyridine rings is 3. The number of hydrazone groups is 1. The van der Waals surface area contributed by atoms with Crippen LogP contribution < -0.4 is 5.43 Å². The third kappa shape index (κ3) is 4.07.